The Kier molecular flexibility index (Phi) is 6.50. The van der Waals surface area contributed by atoms with E-state index in [9.17, 15) is 0 Å². The van der Waals surface area contributed by atoms with Crippen molar-refractivity contribution in [1.82, 2.24) is 30.4 Å². The highest BCUT2D eigenvalue weighted by molar-refractivity contribution is 7.79. The van der Waals surface area contributed by atoms with Gasteiger partial charge in [-0.1, -0.05) is 5.10 Å². The molecule has 18 heavy (non-hydrogen) atoms. The number of nitrogens with two attached hydrogens (primary N) is 1. The van der Waals surface area contributed by atoms with Gasteiger partial charge < -0.3 is 5.73 Å². The van der Waals surface area contributed by atoms with Crippen molar-refractivity contribution in [3.05, 3.63) is 17.6 Å². The minimum Gasteiger partial charge on any atom is -0.368 e. The Morgan fingerprint density at radius 1 is 1.22 bits per heavy atom. The molecule has 2 heterocycles. The highest BCUT2D eigenvalue weighted by atomic mass is 32.3. The molecule has 0 amide bonds. The fourth-order valence-corrected chi connectivity index (χ4v) is 0.462. The molecule has 0 radical (unpaired) electrons. The standard InChI is InChI=1S/C2H2N5.C2H4N4.H2O4S/c3-6-2-4-1-5-7-2;3-2-4-1-5-6-2;1-5(2,3)4/h1H,(H,4,5,7);1H,(H3,3,4,5,6);(H2,1,2,3,4)/q+1;;. The number of nitrogens with zero attached hydrogens (tertiary/aromatic N) is 6. The summed E-state index contributed by atoms with van der Waals surface area (Å²) in [6, 6.07) is 0. The molecule has 0 unspecified atom stereocenters. The number of H-pyrrole nitrogens is 2. The van der Waals surface area contributed by atoms with Crippen LogP contribution in [-0.2, 0) is 10.4 Å². The van der Waals surface area contributed by atoms with Crippen molar-refractivity contribution in [3.63, 3.8) is 0 Å². The zero-order chi connectivity index (χ0) is 14.0. The van der Waals surface area contributed by atoms with Gasteiger partial charge in [0.2, 0.25) is 12.3 Å². The quantitative estimate of drug-likeness (QED) is 0.293. The molecule has 14 heteroatoms. The van der Waals surface area contributed by atoms with Crippen molar-refractivity contribution < 1.29 is 17.5 Å². The molecule has 0 aromatic carbocycles. The molecular weight excluding hydrogens is 270 g/mol. The molecule has 2 aromatic rings. The van der Waals surface area contributed by atoms with Crippen LogP contribution in [0.15, 0.2) is 12.7 Å². The van der Waals surface area contributed by atoms with E-state index in [-0.39, 0.29) is 5.95 Å². The Balaban J connectivity index is 0.000000245. The molecule has 0 saturated heterocycles. The van der Waals surface area contributed by atoms with E-state index >= 15 is 0 Å². The molecule has 0 atom stereocenters. The van der Waals surface area contributed by atoms with Crippen LogP contribution in [0.3, 0.4) is 0 Å². The third kappa shape index (κ3) is 11.4. The summed E-state index contributed by atoms with van der Waals surface area (Å²) in [4.78, 5) is 9.68. The van der Waals surface area contributed by atoms with Crippen LogP contribution < -0.4 is 5.73 Å². The third-order valence-corrected chi connectivity index (χ3v) is 0.931. The topological polar surface area (TPSA) is 212 Å². The normalized spacial score (nSPS) is 9.17. The summed E-state index contributed by atoms with van der Waals surface area (Å²) in [7, 11) is -4.67. The van der Waals surface area contributed by atoms with E-state index in [1.54, 1.807) is 0 Å². The summed E-state index contributed by atoms with van der Waals surface area (Å²) in [5.41, 5.74) is 5.05. The number of aromatic amines is 2. The summed E-state index contributed by atoms with van der Waals surface area (Å²) in [6.07, 6.45) is 2.62. The molecule has 0 spiro atoms. The molecule has 0 fully saturated rings. The van der Waals surface area contributed by atoms with Crippen molar-refractivity contribution >= 4 is 22.3 Å². The predicted molar refractivity (Wildman–Crippen MR) is 56.1 cm³/mol. The van der Waals surface area contributed by atoms with Gasteiger partial charge in [-0.3, -0.25) is 9.11 Å². The molecule has 13 nitrogen and oxygen atoms in total. The van der Waals surface area contributed by atoms with E-state index in [1.807, 2.05) is 0 Å². The molecule has 0 saturated carbocycles. The minimum atomic E-state index is -4.67. The molecular formula is C4H8N9O4S+. The first-order chi connectivity index (χ1) is 8.33. The van der Waals surface area contributed by atoms with Crippen LogP contribution in [0.1, 0.15) is 0 Å². The lowest BCUT2D eigenvalue weighted by molar-refractivity contribution is 0.381. The maximum Gasteiger partial charge on any atom is 0.546 e. The molecule has 2 rings (SSSR count). The van der Waals surface area contributed by atoms with Gasteiger partial charge in [0.15, 0.2) is 0 Å². The number of hydrogen-bond donors (Lipinski definition) is 5. The van der Waals surface area contributed by atoms with Gasteiger partial charge in [-0.15, -0.1) is 5.10 Å². The Hall–Kier alpha value is -2.63. The van der Waals surface area contributed by atoms with Crippen LogP contribution in [-0.4, -0.2) is 47.9 Å². The lowest BCUT2D eigenvalue weighted by atomic mass is 11.1. The van der Waals surface area contributed by atoms with E-state index in [0.29, 0.717) is 5.95 Å². The first kappa shape index (κ1) is 15.4. The number of anilines is 1. The van der Waals surface area contributed by atoms with E-state index in [4.69, 9.17) is 28.6 Å². The molecule has 0 bridgehead atoms. The van der Waals surface area contributed by atoms with Crippen molar-refractivity contribution in [1.29, 1.82) is 5.39 Å². The van der Waals surface area contributed by atoms with E-state index in [2.05, 4.69) is 35.3 Å². The third-order valence-electron chi connectivity index (χ3n) is 0.931. The summed E-state index contributed by atoms with van der Waals surface area (Å²) in [5, 5.41) is 19.5. The second-order valence-corrected chi connectivity index (χ2v) is 3.12. The van der Waals surface area contributed by atoms with Crippen LogP contribution in [0.2, 0.25) is 0 Å². The highest BCUT2D eigenvalue weighted by Crippen LogP contribution is 1.93. The Bertz CT molecular complexity index is 546. The van der Waals surface area contributed by atoms with Gasteiger partial charge in [-0.25, -0.2) is 10.1 Å². The van der Waals surface area contributed by atoms with Crippen molar-refractivity contribution in [2.75, 3.05) is 5.73 Å². The maximum atomic E-state index is 8.74. The molecule has 98 valence electrons. The molecule has 0 aliphatic carbocycles. The summed E-state index contributed by atoms with van der Waals surface area (Å²) < 4.78 is 31.6. The van der Waals surface area contributed by atoms with E-state index < -0.39 is 10.4 Å². The van der Waals surface area contributed by atoms with Gasteiger partial charge in [0, 0.05) is 0 Å². The number of nitrogen functional groups attached to an aromatic ring is 1. The van der Waals surface area contributed by atoms with E-state index in [1.165, 1.54) is 12.7 Å². The average molecular weight is 278 g/mol. The minimum absolute atomic E-state index is 0.125. The zero-order valence-electron chi connectivity index (χ0n) is 8.53. The largest absolute Gasteiger partial charge is 0.546 e. The van der Waals surface area contributed by atoms with Gasteiger partial charge in [-0.05, 0) is 9.96 Å². The Morgan fingerprint density at radius 2 is 1.72 bits per heavy atom. The second kappa shape index (κ2) is 7.61. The second-order valence-electron chi connectivity index (χ2n) is 2.23. The van der Waals surface area contributed by atoms with E-state index in [0.717, 1.165) is 0 Å². The van der Waals surface area contributed by atoms with Crippen molar-refractivity contribution in [2.45, 2.75) is 0 Å². The smallest absolute Gasteiger partial charge is 0.368 e. The summed E-state index contributed by atoms with van der Waals surface area (Å²) >= 11 is 0. The van der Waals surface area contributed by atoms with Crippen LogP contribution in [0.5, 0.6) is 0 Å². The van der Waals surface area contributed by atoms with Gasteiger partial charge in [0.1, 0.15) is 6.33 Å². The van der Waals surface area contributed by atoms with Gasteiger partial charge in [0.05, 0.1) is 5.39 Å². The average Bonchev–Trinajstić information content (AvgIpc) is 2.87. The molecule has 0 aliphatic heterocycles. The number of nitrogens with one attached hydrogen (secondary N) is 2. The molecule has 0 aliphatic rings. The Labute approximate surface area is 99.7 Å². The highest BCUT2D eigenvalue weighted by Gasteiger charge is 2.00. The SMILES string of the molecule is N#[N+]c1ncn[nH]1.Nc1ncn[nH]1.O=S(=O)(O)O. The van der Waals surface area contributed by atoms with Crippen LogP contribution in [0.25, 0.3) is 4.98 Å². The first-order valence-corrected chi connectivity index (χ1v) is 5.23. The van der Waals surface area contributed by atoms with Crippen LogP contribution in [0, 0.1) is 5.39 Å². The summed E-state index contributed by atoms with van der Waals surface area (Å²) in [6.45, 7) is 0. The maximum absolute atomic E-state index is 8.74. The molecule has 6 N–H and O–H groups in total. The Morgan fingerprint density at radius 3 is 1.89 bits per heavy atom. The summed E-state index contributed by atoms with van der Waals surface area (Å²) in [5.74, 6) is 0.481. The van der Waals surface area contributed by atoms with Crippen LogP contribution >= 0.6 is 0 Å². The number of rotatable bonds is 0. The van der Waals surface area contributed by atoms with Gasteiger partial charge in [-0.2, -0.15) is 13.5 Å². The van der Waals surface area contributed by atoms with Crippen molar-refractivity contribution in [3.8, 4) is 0 Å². The number of diazo groups is 1. The van der Waals surface area contributed by atoms with Crippen LogP contribution in [0.4, 0.5) is 11.9 Å². The first-order valence-electron chi connectivity index (χ1n) is 3.84. The predicted octanol–water partition coefficient (Wildman–Crippen LogP) is -0.977. The number of hydrogen-bond acceptors (Lipinski definition) is 8. The number of aromatic nitrogens is 6. The van der Waals surface area contributed by atoms with Crippen molar-refractivity contribution in [2.24, 2.45) is 0 Å². The fraction of sp³-hybridized carbons (Fsp3) is 0. The molecule has 2 aromatic heterocycles. The zero-order valence-corrected chi connectivity index (χ0v) is 9.35. The lowest BCUT2D eigenvalue weighted by Gasteiger charge is -1.68. The fourth-order valence-electron chi connectivity index (χ4n) is 0.462. The lowest BCUT2D eigenvalue weighted by Crippen LogP contribution is -1.89. The van der Waals surface area contributed by atoms with Gasteiger partial charge in [0.25, 0.3) is 0 Å². The van der Waals surface area contributed by atoms with Gasteiger partial charge >= 0.3 is 16.3 Å². The monoisotopic (exact) mass is 278 g/mol.